The van der Waals surface area contributed by atoms with Gasteiger partial charge in [-0.2, -0.15) is 5.11 Å². The van der Waals surface area contributed by atoms with Gasteiger partial charge in [-0.3, -0.25) is 0 Å². The average molecular weight is 161 g/mol. The lowest BCUT2D eigenvalue weighted by Crippen LogP contribution is -1.97. The summed E-state index contributed by atoms with van der Waals surface area (Å²) >= 11 is 0. The minimum Gasteiger partial charge on any atom is -0.380 e. The van der Waals surface area contributed by atoms with Crippen molar-refractivity contribution in [2.75, 3.05) is 11.9 Å². The highest BCUT2D eigenvalue weighted by Crippen LogP contribution is 2.23. The molecular weight excluding hydrogens is 150 g/mol. The van der Waals surface area contributed by atoms with Crippen LogP contribution in [0.5, 0.6) is 0 Å². The van der Waals surface area contributed by atoms with E-state index in [2.05, 4.69) is 17.0 Å². The van der Waals surface area contributed by atoms with Gasteiger partial charge in [0.15, 0.2) is 0 Å². The molecule has 0 spiro atoms. The molecule has 3 nitrogen and oxygen atoms in total. The molecule has 0 aliphatic carbocycles. The predicted octanol–water partition coefficient (Wildman–Crippen LogP) is 2.95. The van der Waals surface area contributed by atoms with Gasteiger partial charge in [0.25, 0.3) is 0 Å². The zero-order chi connectivity index (χ0) is 8.81. The van der Waals surface area contributed by atoms with Crippen LogP contribution in [0.25, 0.3) is 0 Å². The Balaban J connectivity index is 2.81. The van der Waals surface area contributed by atoms with Crippen molar-refractivity contribution in [1.82, 2.24) is 0 Å². The van der Waals surface area contributed by atoms with Crippen LogP contribution in [0.2, 0.25) is 0 Å². The van der Waals surface area contributed by atoms with Gasteiger partial charge in [-0.05, 0) is 12.1 Å². The Bertz CT molecular complexity index is 281. The van der Waals surface area contributed by atoms with Crippen molar-refractivity contribution in [1.29, 1.82) is 5.53 Å². The van der Waals surface area contributed by atoms with Crippen LogP contribution in [0, 0.1) is 5.53 Å². The number of rotatable bonds is 4. The summed E-state index contributed by atoms with van der Waals surface area (Å²) in [6, 6.07) is 7.43. The fraction of sp³-hybridized carbons (Fsp3) is 0.111. The first kappa shape index (κ1) is 8.46. The first-order valence-electron chi connectivity index (χ1n) is 3.69. The summed E-state index contributed by atoms with van der Waals surface area (Å²) in [5.74, 6) is 0. The van der Waals surface area contributed by atoms with Crippen LogP contribution in [0.15, 0.2) is 42.0 Å². The van der Waals surface area contributed by atoms with Crippen LogP contribution in [0.1, 0.15) is 0 Å². The van der Waals surface area contributed by atoms with Crippen LogP contribution in [-0.2, 0) is 0 Å². The molecule has 0 aromatic heterocycles. The predicted molar refractivity (Wildman–Crippen MR) is 49.9 cm³/mol. The van der Waals surface area contributed by atoms with Crippen molar-refractivity contribution in [2.45, 2.75) is 0 Å². The van der Waals surface area contributed by atoms with Crippen molar-refractivity contribution in [3.05, 3.63) is 36.9 Å². The summed E-state index contributed by atoms with van der Waals surface area (Å²) in [5.41, 5.74) is 8.40. The normalized spacial score (nSPS) is 9.00. The molecule has 0 aliphatic heterocycles. The maximum Gasteiger partial charge on any atom is 0.108 e. The molecule has 1 aromatic carbocycles. The average Bonchev–Trinajstić information content (AvgIpc) is 2.15. The Morgan fingerprint density at radius 3 is 2.92 bits per heavy atom. The van der Waals surface area contributed by atoms with Crippen LogP contribution < -0.4 is 5.32 Å². The summed E-state index contributed by atoms with van der Waals surface area (Å²) < 4.78 is 0. The summed E-state index contributed by atoms with van der Waals surface area (Å²) in [7, 11) is 0. The van der Waals surface area contributed by atoms with E-state index < -0.39 is 0 Å². The molecule has 0 saturated carbocycles. The van der Waals surface area contributed by atoms with Gasteiger partial charge in [0, 0.05) is 6.54 Å². The second-order valence-electron chi connectivity index (χ2n) is 2.30. The first-order chi connectivity index (χ1) is 5.88. The maximum atomic E-state index is 6.88. The van der Waals surface area contributed by atoms with E-state index in [0.717, 1.165) is 5.69 Å². The lowest BCUT2D eigenvalue weighted by Gasteiger charge is -2.04. The molecule has 3 heteroatoms. The quantitative estimate of drug-likeness (QED) is 0.517. The zero-order valence-electron chi connectivity index (χ0n) is 6.75. The highest BCUT2D eigenvalue weighted by Gasteiger charge is 1.96. The minimum absolute atomic E-state index is 0.652. The van der Waals surface area contributed by atoms with E-state index in [1.54, 1.807) is 12.1 Å². The number of hydrogen-bond donors (Lipinski definition) is 2. The molecule has 0 bridgehead atoms. The van der Waals surface area contributed by atoms with E-state index in [9.17, 15) is 0 Å². The molecule has 0 radical (unpaired) electrons. The number of para-hydroxylation sites is 2. The highest BCUT2D eigenvalue weighted by atomic mass is 15.0. The molecule has 0 atom stereocenters. The third-order valence-corrected chi connectivity index (χ3v) is 1.46. The van der Waals surface area contributed by atoms with E-state index in [1.807, 2.05) is 18.2 Å². The smallest absolute Gasteiger partial charge is 0.108 e. The van der Waals surface area contributed by atoms with Gasteiger partial charge in [-0.1, -0.05) is 18.2 Å². The highest BCUT2D eigenvalue weighted by molar-refractivity contribution is 5.64. The first-order valence-corrected chi connectivity index (χ1v) is 3.69. The molecule has 1 aromatic rings. The van der Waals surface area contributed by atoms with Gasteiger partial charge < -0.3 is 5.32 Å². The lowest BCUT2D eigenvalue weighted by atomic mass is 10.3. The fourth-order valence-electron chi connectivity index (χ4n) is 0.903. The van der Waals surface area contributed by atoms with Gasteiger partial charge >= 0.3 is 0 Å². The molecule has 1 rings (SSSR count). The summed E-state index contributed by atoms with van der Waals surface area (Å²) in [6.07, 6.45) is 1.76. The second kappa shape index (κ2) is 4.28. The van der Waals surface area contributed by atoms with Gasteiger partial charge in [0.2, 0.25) is 0 Å². The summed E-state index contributed by atoms with van der Waals surface area (Å²) in [4.78, 5) is 0. The van der Waals surface area contributed by atoms with Crippen molar-refractivity contribution in [3.8, 4) is 0 Å². The largest absolute Gasteiger partial charge is 0.380 e. The van der Waals surface area contributed by atoms with Gasteiger partial charge in [-0.25, -0.2) is 5.53 Å². The minimum atomic E-state index is 0.652. The molecule has 0 saturated heterocycles. The molecule has 12 heavy (non-hydrogen) atoms. The lowest BCUT2D eigenvalue weighted by molar-refractivity contribution is 1.14. The molecule has 0 unspecified atom stereocenters. The monoisotopic (exact) mass is 161 g/mol. The van der Waals surface area contributed by atoms with E-state index in [0.29, 0.717) is 12.2 Å². The number of hydrogen-bond acceptors (Lipinski definition) is 3. The summed E-state index contributed by atoms with van der Waals surface area (Å²) in [6.45, 7) is 4.28. The molecule has 2 N–H and O–H groups in total. The van der Waals surface area contributed by atoms with Crippen molar-refractivity contribution < 1.29 is 0 Å². The van der Waals surface area contributed by atoms with E-state index in [-0.39, 0.29) is 0 Å². The Kier molecular flexibility index (Phi) is 3.02. The van der Waals surface area contributed by atoms with Crippen molar-refractivity contribution in [2.24, 2.45) is 5.11 Å². The molecule has 62 valence electrons. The Morgan fingerprint density at radius 2 is 2.25 bits per heavy atom. The van der Waals surface area contributed by atoms with Crippen molar-refractivity contribution >= 4 is 11.4 Å². The topological polar surface area (TPSA) is 48.2 Å². The molecule has 0 fully saturated rings. The SMILES string of the molecule is C=CCNc1ccccc1N=N. The molecule has 0 aliphatic rings. The third kappa shape index (κ3) is 1.92. The fourth-order valence-corrected chi connectivity index (χ4v) is 0.903. The van der Waals surface area contributed by atoms with Gasteiger partial charge in [-0.15, -0.1) is 6.58 Å². The van der Waals surface area contributed by atoms with E-state index >= 15 is 0 Å². The van der Waals surface area contributed by atoms with Crippen LogP contribution >= 0.6 is 0 Å². The van der Waals surface area contributed by atoms with Crippen LogP contribution in [0.4, 0.5) is 11.4 Å². The number of benzene rings is 1. The number of nitrogens with one attached hydrogen (secondary N) is 2. The Hall–Kier alpha value is -1.64. The standard InChI is InChI=1S/C9H11N3/c1-2-7-11-8-5-3-4-6-9(8)12-10/h2-6,10-11H,1,7H2. The number of nitrogens with zero attached hydrogens (tertiary/aromatic N) is 1. The zero-order valence-corrected chi connectivity index (χ0v) is 6.75. The van der Waals surface area contributed by atoms with Crippen LogP contribution in [-0.4, -0.2) is 6.54 Å². The summed E-state index contributed by atoms with van der Waals surface area (Å²) in [5, 5.41) is 6.46. The number of anilines is 1. The van der Waals surface area contributed by atoms with E-state index in [1.165, 1.54) is 0 Å². The van der Waals surface area contributed by atoms with Crippen LogP contribution in [0.3, 0.4) is 0 Å². The molecule has 0 heterocycles. The van der Waals surface area contributed by atoms with Crippen molar-refractivity contribution in [3.63, 3.8) is 0 Å². The Labute approximate surface area is 71.6 Å². The Morgan fingerprint density at radius 1 is 1.50 bits per heavy atom. The van der Waals surface area contributed by atoms with Gasteiger partial charge in [0.1, 0.15) is 5.69 Å². The maximum absolute atomic E-state index is 6.88. The van der Waals surface area contributed by atoms with E-state index in [4.69, 9.17) is 5.53 Å². The third-order valence-electron chi connectivity index (χ3n) is 1.46. The molecule has 0 amide bonds. The molecular formula is C9H11N3. The van der Waals surface area contributed by atoms with Gasteiger partial charge in [0.05, 0.1) is 5.69 Å². The second-order valence-corrected chi connectivity index (χ2v) is 2.30.